The molecule has 2 rings (SSSR count). The predicted molar refractivity (Wildman–Crippen MR) is 62.7 cm³/mol. The van der Waals surface area contributed by atoms with E-state index in [0.29, 0.717) is 39.1 Å². The molecule has 2 unspecified atom stereocenters. The van der Waals surface area contributed by atoms with E-state index in [0.717, 1.165) is 12.8 Å². The molecule has 0 spiro atoms. The Bertz CT molecular complexity index is 340. The van der Waals surface area contributed by atoms with Gasteiger partial charge in [0, 0.05) is 19.1 Å². The van der Waals surface area contributed by atoms with Gasteiger partial charge in [-0.15, -0.1) is 0 Å². The molecule has 2 atom stereocenters. The average Bonchev–Trinajstić information content (AvgIpc) is 2.33. The number of nitrogens with one attached hydrogen (secondary N) is 1. The van der Waals surface area contributed by atoms with E-state index in [1.807, 2.05) is 0 Å². The highest BCUT2D eigenvalue weighted by molar-refractivity contribution is 7.87. The van der Waals surface area contributed by atoms with Gasteiger partial charge in [-0.3, -0.25) is 0 Å². The minimum atomic E-state index is -3.47. The lowest BCUT2D eigenvalue weighted by Gasteiger charge is -2.32. The second-order valence-corrected chi connectivity index (χ2v) is 6.29. The monoisotopic (exact) mass is 264 g/mol. The first kappa shape index (κ1) is 13.2. The molecule has 2 N–H and O–H groups in total. The first-order chi connectivity index (χ1) is 8.09. The smallest absolute Gasteiger partial charge is 0.279 e. The lowest BCUT2D eigenvalue weighted by Crippen LogP contribution is -2.53. The summed E-state index contributed by atoms with van der Waals surface area (Å²) in [7, 11) is -3.47. The van der Waals surface area contributed by atoms with Crippen LogP contribution in [0.4, 0.5) is 0 Å². The van der Waals surface area contributed by atoms with Gasteiger partial charge in [-0.2, -0.15) is 17.4 Å². The molecule has 0 radical (unpaired) electrons. The van der Waals surface area contributed by atoms with Crippen molar-refractivity contribution in [2.24, 2.45) is 0 Å². The van der Waals surface area contributed by atoms with Crippen molar-refractivity contribution in [2.45, 2.75) is 37.8 Å². The van der Waals surface area contributed by atoms with Crippen molar-refractivity contribution in [1.29, 1.82) is 0 Å². The van der Waals surface area contributed by atoms with Gasteiger partial charge in [0.2, 0.25) is 0 Å². The van der Waals surface area contributed by atoms with Crippen LogP contribution in [0.25, 0.3) is 0 Å². The van der Waals surface area contributed by atoms with Gasteiger partial charge in [-0.1, -0.05) is 12.8 Å². The molecule has 1 heterocycles. The van der Waals surface area contributed by atoms with E-state index in [2.05, 4.69) is 4.72 Å². The number of hydrogen-bond donors (Lipinski definition) is 2. The molecule has 0 aromatic carbocycles. The molecular formula is C10H20N2O4S. The molecule has 0 aromatic heterocycles. The minimum absolute atomic E-state index is 0.336. The van der Waals surface area contributed by atoms with Gasteiger partial charge < -0.3 is 9.84 Å². The Morgan fingerprint density at radius 2 is 1.82 bits per heavy atom. The summed E-state index contributed by atoms with van der Waals surface area (Å²) in [6.07, 6.45) is 2.77. The van der Waals surface area contributed by atoms with E-state index in [-0.39, 0.29) is 6.04 Å². The highest BCUT2D eigenvalue weighted by atomic mass is 32.2. The van der Waals surface area contributed by atoms with E-state index >= 15 is 0 Å². The number of ether oxygens (including phenoxy) is 1. The molecule has 0 amide bonds. The zero-order valence-electron chi connectivity index (χ0n) is 9.84. The van der Waals surface area contributed by atoms with Crippen LogP contribution in [0.15, 0.2) is 0 Å². The van der Waals surface area contributed by atoms with Crippen molar-refractivity contribution in [3.05, 3.63) is 0 Å². The summed E-state index contributed by atoms with van der Waals surface area (Å²) in [5, 5.41) is 9.76. The van der Waals surface area contributed by atoms with E-state index in [1.165, 1.54) is 4.31 Å². The second kappa shape index (κ2) is 5.62. The Morgan fingerprint density at radius 3 is 2.47 bits per heavy atom. The standard InChI is InChI=1S/C10H20N2O4S/c13-10-4-2-1-3-9(10)11-17(14,15)12-5-7-16-8-6-12/h9-11,13H,1-8H2. The molecular weight excluding hydrogens is 244 g/mol. The van der Waals surface area contributed by atoms with Crippen LogP contribution in [0.2, 0.25) is 0 Å². The zero-order chi connectivity index (χ0) is 12.3. The maximum Gasteiger partial charge on any atom is 0.279 e. The largest absolute Gasteiger partial charge is 0.391 e. The van der Waals surface area contributed by atoms with Gasteiger partial charge >= 0.3 is 0 Å². The number of rotatable bonds is 3. The van der Waals surface area contributed by atoms with Crippen molar-refractivity contribution in [3.63, 3.8) is 0 Å². The molecule has 0 bridgehead atoms. The summed E-state index contributed by atoms with van der Waals surface area (Å²) in [6.45, 7) is 1.65. The maximum atomic E-state index is 12.0. The molecule has 1 aliphatic carbocycles. The lowest BCUT2D eigenvalue weighted by molar-refractivity contribution is 0.0699. The first-order valence-corrected chi connectivity index (χ1v) is 7.57. The van der Waals surface area contributed by atoms with Crippen molar-refractivity contribution >= 4 is 10.2 Å². The van der Waals surface area contributed by atoms with Crippen LogP contribution in [-0.4, -0.2) is 56.3 Å². The fraction of sp³-hybridized carbons (Fsp3) is 1.00. The first-order valence-electron chi connectivity index (χ1n) is 6.13. The second-order valence-electron chi connectivity index (χ2n) is 4.59. The molecule has 0 aromatic rings. The van der Waals surface area contributed by atoms with Gasteiger partial charge in [0.25, 0.3) is 10.2 Å². The molecule has 7 heteroatoms. The summed E-state index contributed by atoms with van der Waals surface area (Å²) in [4.78, 5) is 0. The third kappa shape index (κ3) is 3.38. The minimum Gasteiger partial charge on any atom is -0.391 e. The summed E-state index contributed by atoms with van der Waals surface area (Å²) >= 11 is 0. The summed E-state index contributed by atoms with van der Waals surface area (Å²) < 4.78 is 33.2. The van der Waals surface area contributed by atoms with Crippen molar-refractivity contribution < 1.29 is 18.3 Å². The predicted octanol–water partition coefficient (Wildman–Crippen LogP) is -0.544. The van der Waals surface area contributed by atoms with Gasteiger partial charge in [0.05, 0.1) is 19.3 Å². The molecule has 1 aliphatic heterocycles. The lowest BCUT2D eigenvalue weighted by atomic mass is 9.93. The van der Waals surface area contributed by atoms with Gasteiger partial charge in [0.15, 0.2) is 0 Å². The fourth-order valence-corrected chi connectivity index (χ4v) is 3.74. The Labute approximate surface area is 102 Å². The van der Waals surface area contributed by atoms with Crippen LogP contribution in [0.3, 0.4) is 0 Å². The van der Waals surface area contributed by atoms with Crippen LogP contribution < -0.4 is 4.72 Å². The van der Waals surface area contributed by atoms with E-state index in [1.54, 1.807) is 0 Å². The molecule has 17 heavy (non-hydrogen) atoms. The summed E-state index contributed by atoms with van der Waals surface area (Å²) in [5.41, 5.74) is 0. The van der Waals surface area contributed by atoms with E-state index in [4.69, 9.17) is 4.74 Å². The van der Waals surface area contributed by atoms with Crippen molar-refractivity contribution in [3.8, 4) is 0 Å². The van der Waals surface area contributed by atoms with Gasteiger partial charge in [-0.25, -0.2) is 0 Å². The molecule has 1 saturated carbocycles. The molecule has 2 aliphatic rings. The third-order valence-corrected chi connectivity index (χ3v) is 4.99. The topological polar surface area (TPSA) is 78.9 Å². The zero-order valence-corrected chi connectivity index (χ0v) is 10.7. The number of morpholine rings is 1. The normalized spacial score (nSPS) is 32.5. The molecule has 2 fully saturated rings. The number of aliphatic hydroxyl groups excluding tert-OH is 1. The van der Waals surface area contributed by atoms with Crippen LogP contribution in [0.1, 0.15) is 25.7 Å². The Balaban J connectivity index is 1.95. The van der Waals surface area contributed by atoms with Crippen LogP contribution >= 0.6 is 0 Å². The fourth-order valence-electron chi connectivity index (χ4n) is 2.30. The quantitative estimate of drug-likeness (QED) is 0.717. The summed E-state index contributed by atoms with van der Waals surface area (Å²) in [6, 6.07) is -0.336. The summed E-state index contributed by atoms with van der Waals surface area (Å²) in [5.74, 6) is 0. The van der Waals surface area contributed by atoms with E-state index < -0.39 is 16.3 Å². The Hall–Kier alpha value is -0.210. The van der Waals surface area contributed by atoms with E-state index in [9.17, 15) is 13.5 Å². The van der Waals surface area contributed by atoms with Gasteiger partial charge in [-0.05, 0) is 12.8 Å². The maximum absolute atomic E-state index is 12.0. The average molecular weight is 264 g/mol. The van der Waals surface area contributed by atoms with Gasteiger partial charge in [0.1, 0.15) is 0 Å². The van der Waals surface area contributed by atoms with Crippen molar-refractivity contribution in [1.82, 2.24) is 9.03 Å². The highest BCUT2D eigenvalue weighted by Crippen LogP contribution is 2.19. The van der Waals surface area contributed by atoms with Crippen LogP contribution in [-0.2, 0) is 14.9 Å². The Morgan fingerprint density at radius 1 is 1.18 bits per heavy atom. The molecule has 6 nitrogen and oxygen atoms in total. The Kier molecular flexibility index (Phi) is 4.37. The third-order valence-electron chi connectivity index (χ3n) is 3.34. The van der Waals surface area contributed by atoms with Crippen molar-refractivity contribution in [2.75, 3.05) is 26.3 Å². The molecule has 100 valence electrons. The number of aliphatic hydroxyl groups is 1. The SMILES string of the molecule is O=S(=O)(NC1CCCCC1O)N1CCOCC1. The molecule has 1 saturated heterocycles. The van der Waals surface area contributed by atoms with Crippen LogP contribution in [0, 0.1) is 0 Å². The number of hydrogen-bond acceptors (Lipinski definition) is 4. The van der Waals surface area contributed by atoms with Crippen LogP contribution in [0.5, 0.6) is 0 Å². The number of nitrogens with zero attached hydrogens (tertiary/aromatic N) is 1. The highest BCUT2D eigenvalue weighted by Gasteiger charge is 2.31.